The van der Waals surface area contributed by atoms with Gasteiger partial charge in [0.15, 0.2) is 0 Å². The second-order valence-corrected chi connectivity index (χ2v) is 7.21. The Morgan fingerprint density at radius 2 is 1.57 bits per heavy atom. The third kappa shape index (κ3) is 3.11. The number of hydrogen-bond donors (Lipinski definition) is 0. The zero-order chi connectivity index (χ0) is 16.2. The zero-order valence-electron chi connectivity index (χ0n) is 11.9. The minimum atomic E-state index is -4.52. The highest BCUT2D eigenvalue weighted by atomic mass is 79.9. The maximum atomic E-state index is 12.9. The molecule has 1 aliphatic heterocycles. The highest BCUT2D eigenvalue weighted by molar-refractivity contribution is 9.10. The van der Waals surface area contributed by atoms with Gasteiger partial charge in [0.05, 0.1) is 21.8 Å². The summed E-state index contributed by atoms with van der Waals surface area (Å²) in [5, 5.41) is -0.387. The van der Waals surface area contributed by atoms with Gasteiger partial charge in [-0.3, -0.25) is 0 Å². The van der Waals surface area contributed by atoms with Gasteiger partial charge < -0.3 is 9.31 Å². The number of rotatable bonds is 1. The molecule has 0 radical (unpaired) electrons. The van der Waals surface area contributed by atoms with Gasteiger partial charge in [-0.15, -0.1) is 0 Å². The molecule has 2 nitrogen and oxygen atoms in total. The van der Waals surface area contributed by atoms with Crippen LogP contribution < -0.4 is 5.46 Å². The number of hydrogen-bond acceptors (Lipinski definition) is 2. The Balaban J connectivity index is 2.41. The summed E-state index contributed by atoms with van der Waals surface area (Å²) in [6, 6.07) is 2.56. The average Bonchev–Trinajstić information content (AvgIpc) is 2.44. The number of alkyl halides is 3. The SMILES string of the molecule is CC1(C)OB(c2cc(Cl)c(C(F)(F)F)c(Br)c2)OC1(C)C. The molecule has 1 aliphatic rings. The molecule has 1 aromatic rings. The fourth-order valence-corrected chi connectivity index (χ4v) is 3.13. The predicted molar refractivity (Wildman–Crippen MR) is 79.9 cm³/mol. The second kappa shape index (κ2) is 5.15. The Hall–Kier alpha value is -0.235. The van der Waals surface area contributed by atoms with Crippen LogP contribution in [0, 0.1) is 0 Å². The maximum Gasteiger partial charge on any atom is 0.494 e. The topological polar surface area (TPSA) is 18.5 Å². The maximum absolute atomic E-state index is 12.9. The molecule has 8 heteroatoms. The van der Waals surface area contributed by atoms with E-state index in [-0.39, 0.29) is 9.50 Å². The molecule has 1 heterocycles. The van der Waals surface area contributed by atoms with Crippen LogP contribution in [0.4, 0.5) is 13.2 Å². The van der Waals surface area contributed by atoms with Crippen LogP contribution in [0.15, 0.2) is 16.6 Å². The van der Waals surface area contributed by atoms with Gasteiger partial charge in [0.1, 0.15) is 0 Å². The van der Waals surface area contributed by atoms with E-state index in [1.165, 1.54) is 12.1 Å². The lowest BCUT2D eigenvalue weighted by atomic mass is 9.79. The lowest BCUT2D eigenvalue weighted by Gasteiger charge is -2.32. The van der Waals surface area contributed by atoms with E-state index < -0.39 is 30.1 Å². The fraction of sp³-hybridized carbons (Fsp3) is 0.538. The molecule has 0 unspecified atom stereocenters. The lowest BCUT2D eigenvalue weighted by Crippen LogP contribution is -2.41. The molecule has 0 atom stereocenters. The summed E-state index contributed by atoms with van der Waals surface area (Å²) < 4.78 is 50.1. The van der Waals surface area contributed by atoms with E-state index in [1.807, 2.05) is 27.7 Å². The molecule has 0 aromatic heterocycles. The van der Waals surface area contributed by atoms with Crippen LogP contribution in [0.3, 0.4) is 0 Å². The van der Waals surface area contributed by atoms with Crippen molar-refractivity contribution in [3.05, 3.63) is 27.2 Å². The Kier molecular flexibility index (Phi) is 4.20. The largest absolute Gasteiger partial charge is 0.494 e. The van der Waals surface area contributed by atoms with Crippen molar-refractivity contribution in [1.82, 2.24) is 0 Å². The number of halogens is 5. The fourth-order valence-electron chi connectivity index (χ4n) is 1.98. The Labute approximate surface area is 135 Å². The summed E-state index contributed by atoms with van der Waals surface area (Å²) in [6.07, 6.45) is -4.52. The molecule has 1 fully saturated rings. The average molecular weight is 385 g/mol. The van der Waals surface area contributed by atoms with Crippen LogP contribution in [0.2, 0.25) is 5.02 Å². The molecule has 1 aromatic carbocycles. The van der Waals surface area contributed by atoms with E-state index in [2.05, 4.69) is 15.9 Å². The van der Waals surface area contributed by atoms with Crippen LogP contribution in [0.5, 0.6) is 0 Å². The summed E-state index contributed by atoms with van der Waals surface area (Å²) in [5.41, 5.74) is -1.60. The minimum Gasteiger partial charge on any atom is -0.399 e. The monoisotopic (exact) mass is 384 g/mol. The second-order valence-electron chi connectivity index (χ2n) is 5.95. The highest BCUT2D eigenvalue weighted by Crippen LogP contribution is 2.40. The molecular formula is C13H14BBrClF3O2. The first-order valence-corrected chi connectivity index (χ1v) is 7.44. The molecule has 0 spiro atoms. The first kappa shape index (κ1) is 17.1. The van der Waals surface area contributed by atoms with Gasteiger partial charge in [0, 0.05) is 4.47 Å². The van der Waals surface area contributed by atoms with Gasteiger partial charge in [0.25, 0.3) is 0 Å². The van der Waals surface area contributed by atoms with Crippen molar-refractivity contribution in [1.29, 1.82) is 0 Å². The smallest absolute Gasteiger partial charge is 0.399 e. The van der Waals surface area contributed by atoms with E-state index in [1.54, 1.807) is 0 Å². The summed E-state index contributed by atoms with van der Waals surface area (Å²) in [6.45, 7) is 7.48. The van der Waals surface area contributed by atoms with E-state index in [0.717, 1.165) is 0 Å². The quantitative estimate of drug-likeness (QED) is 0.667. The van der Waals surface area contributed by atoms with Crippen molar-refractivity contribution in [3.63, 3.8) is 0 Å². The van der Waals surface area contributed by atoms with Crippen LogP contribution >= 0.6 is 27.5 Å². The van der Waals surface area contributed by atoms with Crippen LogP contribution in [-0.2, 0) is 15.5 Å². The van der Waals surface area contributed by atoms with Gasteiger partial charge in [-0.05, 0) is 45.3 Å². The third-order valence-corrected chi connectivity index (χ3v) is 4.80. The van der Waals surface area contributed by atoms with E-state index in [0.29, 0.717) is 5.46 Å². The van der Waals surface area contributed by atoms with Crippen LogP contribution in [0.25, 0.3) is 0 Å². The molecule has 0 amide bonds. The van der Waals surface area contributed by atoms with E-state index >= 15 is 0 Å². The predicted octanol–water partition coefficient (Wildman–Crippen LogP) is 4.42. The molecule has 21 heavy (non-hydrogen) atoms. The van der Waals surface area contributed by atoms with Crippen molar-refractivity contribution in [2.45, 2.75) is 45.1 Å². The molecular weight excluding hydrogens is 371 g/mol. The minimum absolute atomic E-state index is 0.132. The molecule has 116 valence electrons. The molecule has 0 N–H and O–H groups in total. The lowest BCUT2D eigenvalue weighted by molar-refractivity contribution is -0.138. The van der Waals surface area contributed by atoms with Crippen molar-refractivity contribution in [2.75, 3.05) is 0 Å². The van der Waals surface area contributed by atoms with Gasteiger partial charge in [-0.1, -0.05) is 27.5 Å². The Morgan fingerprint density at radius 1 is 1.10 bits per heavy atom. The van der Waals surface area contributed by atoms with Crippen molar-refractivity contribution in [3.8, 4) is 0 Å². The van der Waals surface area contributed by atoms with Crippen LogP contribution in [0.1, 0.15) is 33.3 Å². The standard InChI is InChI=1S/C13H14BBrClF3O2/c1-11(2)12(3,4)21-14(20-11)7-5-8(15)10(9(16)6-7)13(17,18)19/h5-6H,1-4H3. The molecule has 1 saturated heterocycles. The first-order chi connectivity index (χ1) is 9.35. The van der Waals surface area contributed by atoms with Gasteiger partial charge >= 0.3 is 13.3 Å². The van der Waals surface area contributed by atoms with E-state index in [9.17, 15) is 13.2 Å². The van der Waals surface area contributed by atoms with Crippen molar-refractivity contribution < 1.29 is 22.5 Å². The molecule has 0 bridgehead atoms. The van der Waals surface area contributed by atoms with Crippen molar-refractivity contribution >= 4 is 40.1 Å². The van der Waals surface area contributed by atoms with Gasteiger partial charge in [0.2, 0.25) is 0 Å². The van der Waals surface area contributed by atoms with Gasteiger partial charge in [-0.25, -0.2) is 0 Å². The first-order valence-electron chi connectivity index (χ1n) is 6.27. The zero-order valence-corrected chi connectivity index (χ0v) is 14.3. The van der Waals surface area contributed by atoms with Gasteiger partial charge in [-0.2, -0.15) is 13.2 Å². The van der Waals surface area contributed by atoms with Crippen molar-refractivity contribution in [2.24, 2.45) is 0 Å². The van der Waals surface area contributed by atoms with E-state index in [4.69, 9.17) is 20.9 Å². The molecule has 0 aliphatic carbocycles. The third-order valence-electron chi connectivity index (χ3n) is 3.87. The summed E-state index contributed by atoms with van der Waals surface area (Å²) in [7, 11) is -0.758. The summed E-state index contributed by atoms with van der Waals surface area (Å²) >= 11 is 8.70. The Bertz CT molecular complexity index is 536. The molecule has 2 rings (SSSR count). The molecule has 0 saturated carbocycles. The number of benzene rings is 1. The van der Waals surface area contributed by atoms with Crippen LogP contribution in [-0.4, -0.2) is 18.3 Å². The Morgan fingerprint density at radius 3 is 1.95 bits per heavy atom. The normalized spacial score (nSPS) is 20.9. The highest BCUT2D eigenvalue weighted by Gasteiger charge is 2.52. The summed E-state index contributed by atoms with van der Waals surface area (Å²) in [5.74, 6) is 0. The summed E-state index contributed by atoms with van der Waals surface area (Å²) in [4.78, 5) is 0.